The summed E-state index contributed by atoms with van der Waals surface area (Å²) in [5.74, 6) is -0.0164. The summed E-state index contributed by atoms with van der Waals surface area (Å²) in [5.41, 5.74) is 0.208. The lowest BCUT2D eigenvalue weighted by atomic mass is 10.5. The van der Waals surface area contributed by atoms with Gasteiger partial charge in [-0.25, -0.2) is 9.78 Å². The van der Waals surface area contributed by atoms with Gasteiger partial charge in [-0.15, -0.1) is 0 Å². The zero-order valence-electron chi connectivity index (χ0n) is 5.75. The van der Waals surface area contributed by atoms with E-state index in [-0.39, 0.29) is 13.1 Å². The highest BCUT2D eigenvalue weighted by Crippen LogP contribution is 2.00. The van der Waals surface area contributed by atoms with Gasteiger partial charge >= 0.3 is 5.97 Å². The first-order chi connectivity index (χ1) is 4.74. The molecule has 0 aliphatic carbocycles. The van der Waals surface area contributed by atoms with Gasteiger partial charge in [-0.3, -0.25) is 0 Å². The Kier molecular flexibility index (Phi) is 3.30. The average molecular weight is 157 g/mol. The molecule has 1 rings (SSSR count). The zero-order valence-corrected chi connectivity index (χ0v) is 5.75. The molecule has 62 valence electrons. The number of aromatic nitrogens is 1. The standard InChI is InChI=1S/C6H7NO3.CH4/c1-4-7-5(3-10-4)6(8)9-2;/h3H,1-2H3;1H4. The number of nitrogens with zero attached hydrogens (tertiary/aromatic N) is 1. The van der Waals surface area contributed by atoms with Gasteiger partial charge in [0.05, 0.1) is 7.11 Å². The zero-order chi connectivity index (χ0) is 7.56. The second kappa shape index (κ2) is 3.75. The number of rotatable bonds is 1. The number of hydrogen-bond acceptors (Lipinski definition) is 4. The molecule has 0 saturated carbocycles. The minimum atomic E-state index is -0.475. The van der Waals surface area contributed by atoms with Crippen LogP contribution in [0.5, 0.6) is 0 Å². The Labute approximate surface area is 65.2 Å². The fourth-order valence-corrected chi connectivity index (χ4v) is 0.562. The molecular weight excluding hydrogens is 146 g/mol. The minimum absolute atomic E-state index is 0. The van der Waals surface area contributed by atoms with E-state index in [0.717, 1.165) is 0 Å². The maximum absolute atomic E-state index is 10.7. The van der Waals surface area contributed by atoms with Gasteiger partial charge in [-0.1, -0.05) is 7.43 Å². The molecule has 0 saturated heterocycles. The van der Waals surface area contributed by atoms with Crippen molar-refractivity contribution in [1.82, 2.24) is 4.98 Å². The number of aryl methyl sites for hydroxylation is 1. The predicted octanol–water partition coefficient (Wildman–Crippen LogP) is 1.41. The van der Waals surface area contributed by atoms with Gasteiger partial charge in [0.25, 0.3) is 0 Å². The quantitative estimate of drug-likeness (QED) is 0.578. The second-order valence-corrected chi connectivity index (χ2v) is 1.74. The summed E-state index contributed by atoms with van der Waals surface area (Å²) in [6, 6.07) is 0. The van der Waals surface area contributed by atoms with Crippen LogP contribution in [0.15, 0.2) is 10.7 Å². The Morgan fingerprint density at radius 1 is 1.73 bits per heavy atom. The van der Waals surface area contributed by atoms with Crippen molar-refractivity contribution >= 4 is 5.97 Å². The summed E-state index contributed by atoms with van der Waals surface area (Å²) in [6.07, 6.45) is 1.27. The molecular formula is C7H11NO3. The van der Waals surface area contributed by atoms with Crippen LogP contribution in [-0.2, 0) is 4.74 Å². The van der Waals surface area contributed by atoms with E-state index in [9.17, 15) is 4.79 Å². The van der Waals surface area contributed by atoms with Crippen molar-refractivity contribution in [3.05, 3.63) is 17.8 Å². The van der Waals surface area contributed by atoms with Crippen LogP contribution in [0, 0.1) is 6.92 Å². The van der Waals surface area contributed by atoms with E-state index in [2.05, 4.69) is 9.72 Å². The predicted molar refractivity (Wildman–Crippen MR) is 39.3 cm³/mol. The third-order valence-electron chi connectivity index (χ3n) is 1.01. The molecule has 0 aliphatic rings. The molecule has 0 unspecified atom stereocenters. The van der Waals surface area contributed by atoms with Gasteiger partial charge in [0, 0.05) is 6.92 Å². The fraction of sp³-hybridized carbons (Fsp3) is 0.429. The van der Waals surface area contributed by atoms with Crippen LogP contribution in [0.2, 0.25) is 0 Å². The summed E-state index contributed by atoms with van der Waals surface area (Å²) >= 11 is 0. The van der Waals surface area contributed by atoms with Crippen LogP contribution >= 0.6 is 0 Å². The van der Waals surface area contributed by atoms with Crippen LogP contribution in [0.4, 0.5) is 0 Å². The van der Waals surface area contributed by atoms with Crippen molar-refractivity contribution < 1.29 is 13.9 Å². The Morgan fingerprint density at radius 3 is 2.73 bits per heavy atom. The van der Waals surface area contributed by atoms with E-state index in [1.165, 1.54) is 13.4 Å². The monoisotopic (exact) mass is 157 g/mol. The van der Waals surface area contributed by atoms with Crippen molar-refractivity contribution in [2.75, 3.05) is 7.11 Å². The molecule has 11 heavy (non-hydrogen) atoms. The van der Waals surface area contributed by atoms with Crippen molar-refractivity contribution in [2.45, 2.75) is 14.4 Å². The largest absolute Gasteiger partial charge is 0.464 e. The van der Waals surface area contributed by atoms with Gasteiger partial charge in [-0.2, -0.15) is 0 Å². The van der Waals surface area contributed by atoms with Crippen molar-refractivity contribution in [2.24, 2.45) is 0 Å². The number of oxazole rings is 1. The molecule has 4 heteroatoms. The van der Waals surface area contributed by atoms with Crippen molar-refractivity contribution in [3.8, 4) is 0 Å². The molecule has 4 nitrogen and oxygen atoms in total. The Bertz CT molecular complexity index is 242. The molecule has 1 heterocycles. The first kappa shape index (κ1) is 9.68. The van der Waals surface area contributed by atoms with Gasteiger partial charge in [0.2, 0.25) is 0 Å². The highest BCUT2D eigenvalue weighted by molar-refractivity contribution is 5.86. The smallest absolute Gasteiger partial charge is 0.360 e. The summed E-state index contributed by atoms with van der Waals surface area (Å²) < 4.78 is 9.16. The molecule has 0 aromatic carbocycles. The summed E-state index contributed by atoms with van der Waals surface area (Å²) in [6.45, 7) is 1.66. The number of esters is 1. The molecule has 0 aliphatic heterocycles. The first-order valence-electron chi connectivity index (χ1n) is 2.74. The lowest BCUT2D eigenvalue weighted by Gasteiger charge is -1.88. The summed E-state index contributed by atoms with van der Waals surface area (Å²) in [5, 5.41) is 0. The number of carbonyl (C=O) groups is 1. The molecule has 0 N–H and O–H groups in total. The minimum Gasteiger partial charge on any atom is -0.464 e. The molecule has 0 bridgehead atoms. The third kappa shape index (κ3) is 2.07. The normalized spacial score (nSPS) is 8.55. The Hall–Kier alpha value is -1.32. The van der Waals surface area contributed by atoms with E-state index in [0.29, 0.717) is 5.89 Å². The van der Waals surface area contributed by atoms with Gasteiger partial charge in [0.1, 0.15) is 6.26 Å². The molecule has 0 spiro atoms. The van der Waals surface area contributed by atoms with Crippen LogP contribution < -0.4 is 0 Å². The second-order valence-electron chi connectivity index (χ2n) is 1.74. The van der Waals surface area contributed by atoms with Crippen LogP contribution in [-0.4, -0.2) is 18.1 Å². The van der Waals surface area contributed by atoms with Gasteiger partial charge in [0.15, 0.2) is 11.6 Å². The molecule has 0 atom stereocenters. The van der Waals surface area contributed by atoms with E-state index in [1.807, 2.05) is 0 Å². The number of ether oxygens (including phenoxy) is 1. The van der Waals surface area contributed by atoms with Gasteiger partial charge in [-0.05, 0) is 0 Å². The Morgan fingerprint density at radius 2 is 2.36 bits per heavy atom. The Balaban J connectivity index is 0.000001000. The topological polar surface area (TPSA) is 52.3 Å². The van der Waals surface area contributed by atoms with Crippen LogP contribution in [0.1, 0.15) is 23.8 Å². The van der Waals surface area contributed by atoms with Crippen LogP contribution in [0.3, 0.4) is 0 Å². The van der Waals surface area contributed by atoms with Crippen LogP contribution in [0.25, 0.3) is 0 Å². The molecule has 0 radical (unpaired) electrons. The molecule has 0 fully saturated rings. The number of hydrogen-bond donors (Lipinski definition) is 0. The van der Waals surface area contributed by atoms with E-state index in [4.69, 9.17) is 4.42 Å². The molecule has 1 aromatic heterocycles. The lowest BCUT2D eigenvalue weighted by molar-refractivity contribution is 0.0594. The highest BCUT2D eigenvalue weighted by atomic mass is 16.5. The van der Waals surface area contributed by atoms with E-state index in [1.54, 1.807) is 6.92 Å². The van der Waals surface area contributed by atoms with Crippen molar-refractivity contribution in [3.63, 3.8) is 0 Å². The van der Waals surface area contributed by atoms with E-state index >= 15 is 0 Å². The number of methoxy groups -OCH3 is 1. The SMILES string of the molecule is C.COC(=O)c1coc(C)n1. The average Bonchev–Trinajstić information content (AvgIpc) is 2.34. The van der Waals surface area contributed by atoms with E-state index < -0.39 is 5.97 Å². The third-order valence-corrected chi connectivity index (χ3v) is 1.01. The maximum atomic E-state index is 10.7. The lowest BCUT2D eigenvalue weighted by Crippen LogP contribution is -2.00. The number of carbonyl (C=O) groups excluding carboxylic acids is 1. The maximum Gasteiger partial charge on any atom is 0.360 e. The summed E-state index contributed by atoms with van der Waals surface area (Å²) in [7, 11) is 1.30. The molecule has 0 amide bonds. The summed E-state index contributed by atoms with van der Waals surface area (Å²) in [4.78, 5) is 14.4. The van der Waals surface area contributed by atoms with Gasteiger partial charge < -0.3 is 9.15 Å². The highest BCUT2D eigenvalue weighted by Gasteiger charge is 2.08. The first-order valence-corrected chi connectivity index (χ1v) is 2.74. The molecule has 1 aromatic rings. The van der Waals surface area contributed by atoms with Crippen molar-refractivity contribution in [1.29, 1.82) is 0 Å². The fourth-order valence-electron chi connectivity index (χ4n) is 0.562.